The Bertz CT molecular complexity index is 1070. The van der Waals surface area contributed by atoms with E-state index in [0.29, 0.717) is 22.9 Å². The van der Waals surface area contributed by atoms with E-state index in [9.17, 15) is 9.59 Å². The number of carbonyl (C=O) groups is 2. The number of amides is 2. The molecule has 3 aromatic rings. The summed E-state index contributed by atoms with van der Waals surface area (Å²) in [6.45, 7) is 2.19. The number of benzene rings is 3. The van der Waals surface area contributed by atoms with Crippen LogP contribution in [0.3, 0.4) is 0 Å². The molecule has 0 aliphatic carbocycles. The van der Waals surface area contributed by atoms with E-state index in [1.807, 2.05) is 43.3 Å². The lowest BCUT2D eigenvalue weighted by Gasteiger charge is -2.10. The fourth-order valence-electron chi connectivity index (χ4n) is 2.80. The van der Waals surface area contributed by atoms with Crippen molar-refractivity contribution in [1.82, 2.24) is 10.7 Å². The van der Waals surface area contributed by atoms with Gasteiger partial charge in [0.05, 0.1) is 30.0 Å². The van der Waals surface area contributed by atoms with E-state index >= 15 is 0 Å². The highest BCUT2D eigenvalue weighted by atomic mass is 35.5. The molecule has 0 radical (unpaired) electrons. The van der Waals surface area contributed by atoms with Gasteiger partial charge in [0.15, 0.2) is 0 Å². The molecule has 0 spiro atoms. The minimum absolute atomic E-state index is 0.227. The lowest BCUT2D eigenvalue weighted by Crippen LogP contribution is -2.35. The molecule has 0 saturated carbocycles. The van der Waals surface area contributed by atoms with Gasteiger partial charge in [0.1, 0.15) is 5.75 Å². The molecular formula is C22H20ClN3O3. The quantitative estimate of drug-likeness (QED) is 0.460. The molecule has 7 heteroatoms. The number of ether oxygens (including phenoxy) is 1. The summed E-state index contributed by atoms with van der Waals surface area (Å²) >= 11 is 5.98. The molecule has 148 valence electrons. The summed E-state index contributed by atoms with van der Waals surface area (Å²) in [4.78, 5) is 24.1. The third kappa shape index (κ3) is 5.12. The molecule has 0 saturated heterocycles. The highest BCUT2D eigenvalue weighted by molar-refractivity contribution is 6.33. The Morgan fingerprint density at radius 2 is 1.83 bits per heavy atom. The van der Waals surface area contributed by atoms with E-state index < -0.39 is 11.8 Å². The third-order valence-corrected chi connectivity index (χ3v) is 4.47. The summed E-state index contributed by atoms with van der Waals surface area (Å²) in [6, 6.07) is 18.3. The zero-order valence-corrected chi connectivity index (χ0v) is 16.6. The number of nitrogens with one attached hydrogen (secondary N) is 2. The molecule has 0 heterocycles. The predicted molar refractivity (Wildman–Crippen MR) is 115 cm³/mol. The largest absolute Gasteiger partial charge is 0.493 e. The van der Waals surface area contributed by atoms with E-state index in [0.717, 1.165) is 16.3 Å². The van der Waals surface area contributed by atoms with Gasteiger partial charge in [-0.25, -0.2) is 5.43 Å². The van der Waals surface area contributed by atoms with E-state index in [1.165, 1.54) is 0 Å². The number of nitrogens with zero attached hydrogens (tertiary/aromatic N) is 1. The van der Waals surface area contributed by atoms with Gasteiger partial charge < -0.3 is 10.1 Å². The highest BCUT2D eigenvalue weighted by Gasteiger charge is 2.11. The van der Waals surface area contributed by atoms with Crippen molar-refractivity contribution in [3.63, 3.8) is 0 Å². The van der Waals surface area contributed by atoms with Crippen LogP contribution >= 0.6 is 11.6 Å². The van der Waals surface area contributed by atoms with Crippen LogP contribution in [0.2, 0.25) is 5.02 Å². The molecule has 0 bridgehead atoms. The molecule has 2 amide bonds. The zero-order valence-electron chi connectivity index (χ0n) is 15.8. The molecule has 0 unspecified atom stereocenters. The Hall–Kier alpha value is -3.38. The summed E-state index contributed by atoms with van der Waals surface area (Å²) < 4.78 is 5.67. The van der Waals surface area contributed by atoms with Crippen LogP contribution in [0, 0.1) is 0 Å². The van der Waals surface area contributed by atoms with Gasteiger partial charge in [-0.15, -0.1) is 0 Å². The van der Waals surface area contributed by atoms with Gasteiger partial charge in [-0.1, -0.05) is 54.1 Å². The van der Waals surface area contributed by atoms with Crippen LogP contribution in [0.5, 0.6) is 5.75 Å². The van der Waals surface area contributed by atoms with Crippen molar-refractivity contribution >= 4 is 40.4 Å². The second-order valence-electron chi connectivity index (χ2n) is 6.09. The lowest BCUT2D eigenvalue weighted by atomic mass is 10.0. The Kier molecular flexibility index (Phi) is 6.81. The van der Waals surface area contributed by atoms with Crippen molar-refractivity contribution < 1.29 is 14.3 Å². The maximum atomic E-state index is 12.1. The van der Waals surface area contributed by atoms with Gasteiger partial charge in [0.25, 0.3) is 11.8 Å². The molecule has 3 rings (SSSR count). The minimum atomic E-state index is -0.458. The maximum Gasteiger partial charge on any atom is 0.259 e. The molecule has 0 aliphatic rings. The van der Waals surface area contributed by atoms with Crippen molar-refractivity contribution in [2.24, 2.45) is 5.10 Å². The fourth-order valence-corrected chi connectivity index (χ4v) is 3.02. The van der Waals surface area contributed by atoms with Gasteiger partial charge in [-0.05, 0) is 35.9 Å². The Labute approximate surface area is 173 Å². The number of hydrogen-bond acceptors (Lipinski definition) is 4. The third-order valence-electron chi connectivity index (χ3n) is 4.14. The monoisotopic (exact) mass is 409 g/mol. The van der Waals surface area contributed by atoms with Crippen molar-refractivity contribution in [2.75, 3.05) is 13.2 Å². The Morgan fingerprint density at radius 3 is 2.62 bits per heavy atom. The molecule has 0 atom stereocenters. The summed E-state index contributed by atoms with van der Waals surface area (Å²) in [5.41, 5.74) is 3.49. The van der Waals surface area contributed by atoms with Gasteiger partial charge >= 0.3 is 0 Å². The molecule has 2 N–H and O–H groups in total. The molecular weight excluding hydrogens is 390 g/mol. The van der Waals surface area contributed by atoms with Crippen molar-refractivity contribution in [3.8, 4) is 5.75 Å². The summed E-state index contributed by atoms with van der Waals surface area (Å²) in [5, 5.41) is 8.86. The van der Waals surface area contributed by atoms with E-state index in [-0.39, 0.29) is 6.54 Å². The van der Waals surface area contributed by atoms with E-state index in [1.54, 1.807) is 30.5 Å². The van der Waals surface area contributed by atoms with Crippen molar-refractivity contribution in [3.05, 3.63) is 76.8 Å². The second kappa shape index (κ2) is 9.71. The van der Waals surface area contributed by atoms with E-state index in [2.05, 4.69) is 15.8 Å². The van der Waals surface area contributed by atoms with Gasteiger partial charge in [0, 0.05) is 5.56 Å². The number of rotatable bonds is 7. The van der Waals surface area contributed by atoms with Crippen LogP contribution in [0.1, 0.15) is 22.8 Å². The van der Waals surface area contributed by atoms with Gasteiger partial charge in [0.2, 0.25) is 0 Å². The van der Waals surface area contributed by atoms with Crippen LogP contribution in [0.15, 0.2) is 65.8 Å². The summed E-state index contributed by atoms with van der Waals surface area (Å²) in [5.74, 6) is -0.210. The first-order valence-corrected chi connectivity index (χ1v) is 9.47. The van der Waals surface area contributed by atoms with Gasteiger partial charge in [-0.3, -0.25) is 9.59 Å². The first-order chi connectivity index (χ1) is 14.1. The summed E-state index contributed by atoms with van der Waals surface area (Å²) in [7, 11) is 0. The lowest BCUT2D eigenvalue weighted by molar-refractivity contribution is -0.120. The van der Waals surface area contributed by atoms with Gasteiger partial charge in [-0.2, -0.15) is 5.10 Å². The summed E-state index contributed by atoms with van der Waals surface area (Å²) in [6.07, 6.45) is 1.54. The Balaban J connectivity index is 1.65. The van der Waals surface area contributed by atoms with Crippen LogP contribution in [0.4, 0.5) is 0 Å². The molecule has 0 aliphatic heterocycles. The molecule has 6 nitrogen and oxygen atoms in total. The number of fused-ring (bicyclic) bond motifs is 1. The SMILES string of the molecule is CCOc1ccc2ccccc2c1/C=N/NC(=O)CNC(=O)c1ccccc1Cl. The fraction of sp³-hybridized carbons (Fsp3) is 0.136. The predicted octanol–water partition coefficient (Wildman–Crippen LogP) is 3.77. The molecule has 3 aromatic carbocycles. The normalized spacial score (nSPS) is 10.8. The van der Waals surface area contributed by atoms with E-state index in [4.69, 9.17) is 16.3 Å². The first kappa shape index (κ1) is 20.4. The number of carbonyl (C=O) groups excluding carboxylic acids is 2. The average molecular weight is 410 g/mol. The standard InChI is InChI=1S/C22H20ClN3O3/c1-2-29-20-12-11-15-7-3-4-8-16(15)18(20)13-25-26-21(27)14-24-22(28)17-9-5-6-10-19(17)23/h3-13H,2,14H2,1H3,(H,24,28)(H,26,27)/b25-13+. The number of halogens is 1. The highest BCUT2D eigenvalue weighted by Crippen LogP contribution is 2.26. The van der Waals surface area contributed by atoms with Crippen molar-refractivity contribution in [2.45, 2.75) is 6.92 Å². The van der Waals surface area contributed by atoms with Crippen LogP contribution in [-0.4, -0.2) is 31.2 Å². The van der Waals surface area contributed by atoms with Crippen LogP contribution < -0.4 is 15.5 Å². The maximum absolute atomic E-state index is 12.1. The molecule has 0 fully saturated rings. The molecule has 0 aromatic heterocycles. The number of hydrogen-bond donors (Lipinski definition) is 2. The Morgan fingerprint density at radius 1 is 1.07 bits per heavy atom. The molecule has 29 heavy (non-hydrogen) atoms. The van der Waals surface area contributed by atoms with Crippen LogP contribution in [0.25, 0.3) is 10.8 Å². The van der Waals surface area contributed by atoms with Crippen LogP contribution in [-0.2, 0) is 4.79 Å². The topological polar surface area (TPSA) is 79.8 Å². The number of hydrazone groups is 1. The second-order valence-corrected chi connectivity index (χ2v) is 6.49. The minimum Gasteiger partial charge on any atom is -0.493 e. The first-order valence-electron chi connectivity index (χ1n) is 9.09. The average Bonchev–Trinajstić information content (AvgIpc) is 2.73. The van der Waals surface area contributed by atoms with Crippen molar-refractivity contribution in [1.29, 1.82) is 0 Å². The zero-order chi connectivity index (χ0) is 20.6. The smallest absolute Gasteiger partial charge is 0.259 e.